The number of benzene rings is 1. The molecule has 0 saturated carbocycles. The molecule has 1 aliphatic heterocycles. The molecule has 0 aromatic heterocycles. The summed E-state index contributed by atoms with van der Waals surface area (Å²) in [6.07, 6.45) is 0.462. The Bertz CT molecular complexity index is 424. The summed E-state index contributed by atoms with van der Waals surface area (Å²) in [5.41, 5.74) is 1.54. The van der Waals surface area contributed by atoms with E-state index in [2.05, 4.69) is 28.6 Å². The molecule has 0 spiro atoms. The number of carbonyl (C=O) groups excluding carboxylic acids is 1. The Balaban J connectivity index is 2.36. The fourth-order valence-electron chi connectivity index (χ4n) is 1.87. The highest BCUT2D eigenvalue weighted by atomic mass is 79.9. The third-order valence-electron chi connectivity index (χ3n) is 2.61. The average Bonchev–Trinajstić information content (AvgIpc) is 2.57. The molecule has 1 fully saturated rings. The van der Waals surface area contributed by atoms with Gasteiger partial charge in [-0.1, -0.05) is 15.9 Å². The van der Waals surface area contributed by atoms with Gasteiger partial charge in [-0.3, -0.25) is 4.79 Å². The molecule has 1 aliphatic rings. The minimum atomic E-state index is -0.0736. The van der Waals surface area contributed by atoms with E-state index in [9.17, 15) is 9.90 Å². The zero-order chi connectivity index (χ0) is 11.7. The molecule has 1 aromatic carbocycles. The second kappa shape index (κ2) is 4.77. The van der Waals surface area contributed by atoms with Gasteiger partial charge in [-0.25, -0.2) is 0 Å². The Morgan fingerprint density at radius 2 is 2.31 bits per heavy atom. The van der Waals surface area contributed by atoms with Crippen LogP contribution in [0.2, 0.25) is 0 Å². The summed E-state index contributed by atoms with van der Waals surface area (Å²) in [6.45, 7) is 0.534. The molecular weight excluding hydrogens is 290 g/mol. The lowest BCUT2D eigenvalue weighted by Crippen LogP contribution is -2.25. The van der Waals surface area contributed by atoms with Crippen molar-refractivity contribution in [1.82, 2.24) is 0 Å². The number of amides is 1. The molecule has 3 nitrogen and oxygen atoms in total. The maximum Gasteiger partial charge on any atom is 0.228 e. The maximum absolute atomic E-state index is 11.7. The number of hydrogen-bond donors (Lipinski definition) is 2. The Morgan fingerprint density at radius 3 is 2.88 bits per heavy atom. The molecular formula is C11H12BrNO2S. The monoisotopic (exact) mass is 301 g/mol. The predicted octanol–water partition coefficient (Wildman–Crippen LogP) is 1.98. The first kappa shape index (κ1) is 12.0. The number of thiol groups is 1. The van der Waals surface area contributed by atoms with Gasteiger partial charge < -0.3 is 10.0 Å². The molecule has 1 unspecified atom stereocenters. The molecule has 1 N–H and O–H groups in total. The lowest BCUT2D eigenvalue weighted by molar-refractivity contribution is -0.117. The van der Waals surface area contributed by atoms with Crippen LogP contribution in [0.5, 0.6) is 0 Å². The van der Waals surface area contributed by atoms with Crippen molar-refractivity contribution >= 4 is 40.2 Å². The minimum absolute atomic E-state index is 0.0667. The van der Waals surface area contributed by atoms with Crippen LogP contribution in [0, 0.1) is 0 Å². The molecule has 2 rings (SSSR count). The normalized spacial score (nSPS) is 20.6. The van der Waals surface area contributed by atoms with Gasteiger partial charge >= 0.3 is 0 Å². The Hall–Kier alpha value is -0.520. The standard InChI is InChI=1S/C11H12BrNO2S/c12-8-1-2-10(7(3-8)6-14)13-5-9(16)4-11(13)15/h1-3,9,14,16H,4-6H2. The van der Waals surface area contributed by atoms with Crippen molar-refractivity contribution in [2.45, 2.75) is 18.3 Å². The summed E-state index contributed by atoms with van der Waals surface area (Å²) in [5.74, 6) is 0.0667. The third kappa shape index (κ3) is 2.26. The Kier molecular flexibility index (Phi) is 3.56. The van der Waals surface area contributed by atoms with Gasteiger partial charge in [0.2, 0.25) is 5.91 Å². The van der Waals surface area contributed by atoms with Crippen LogP contribution in [0.1, 0.15) is 12.0 Å². The number of rotatable bonds is 2. The van der Waals surface area contributed by atoms with Crippen LogP contribution >= 0.6 is 28.6 Å². The van der Waals surface area contributed by atoms with E-state index >= 15 is 0 Å². The summed E-state index contributed by atoms with van der Waals surface area (Å²) in [7, 11) is 0. The minimum Gasteiger partial charge on any atom is -0.392 e. The van der Waals surface area contributed by atoms with Crippen molar-refractivity contribution in [2.75, 3.05) is 11.4 Å². The van der Waals surface area contributed by atoms with E-state index in [0.717, 1.165) is 15.7 Å². The molecule has 1 heterocycles. The van der Waals surface area contributed by atoms with E-state index in [1.54, 1.807) is 4.90 Å². The first-order valence-corrected chi connectivity index (χ1v) is 6.30. The van der Waals surface area contributed by atoms with Crippen molar-refractivity contribution < 1.29 is 9.90 Å². The number of nitrogens with zero attached hydrogens (tertiary/aromatic N) is 1. The molecule has 0 radical (unpaired) electrons. The van der Waals surface area contributed by atoms with Crippen molar-refractivity contribution in [2.24, 2.45) is 0 Å². The van der Waals surface area contributed by atoms with Crippen LogP contribution in [-0.2, 0) is 11.4 Å². The number of hydrogen-bond acceptors (Lipinski definition) is 3. The Morgan fingerprint density at radius 1 is 1.56 bits per heavy atom. The van der Waals surface area contributed by atoms with Crippen LogP contribution in [0.15, 0.2) is 22.7 Å². The van der Waals surface area contributed by atoms with Crippen molar-refractivity contribution in [3.63, 3.8) is 0 Å². The quantitative estimate of drug-likeness (QED) is 0.820. The topological polar surface area (TPSA) is 40.5 Å². The number of aliphatic hydroxyl groups is 1. The lowest BCUT2D eigenvalue weighted by atomic mass is 10.1. The predicted molar refractivity (Wildman–Crippen MR) is 69.8 cm³/mol. The van der Waals surface area contributed by atoms with Crippen molar-refractivity contribution in [3.8, 4) is 0 Å². The van der Waals surface area contributed by atoms with E-state index < -0.39 is 0 Å². The molecule has 0 aliphatic carbocycles. The van der Waals surface area contributed by atoms with Gasteiger partial charge in [0.1, 0.15) is 0 Å². The van der Waals surface area contributed by atoms with Crippen molar-refractivity contribution in [3.05, 3.63) is 28.2 Å². The zero-order valence-electron chi connectivity index (χ0n) is 8.56. The fraction of sp³-hybridized carbons (Fsp3) is 0.364. The molecule has 16 heavy (non-hydrogen) atoms. The van der Waals surface area contributed by atoms with E-state index in [4.69, 9.17) is 0 Å². The van der Waals surface area contributed by atoms with Crippen LogP contribution in [0.3, 0.4) is 0 Å². The van der Waals surface area contributed by atoms with E-state index in [1.165, 1.54) is 0 Å². The van der Waals surface area contributed by atoms with E-state index in [0.29, 0.717) is 13.0 Å². The van der Waals surface area contributed by atoms with E-state index in [1.807, 2.05) is 18.2 Å². The van der Waals surface area contributed by atoms with Gasteiger partial charge in [-0.2, -0.15) is 12.6 Å². The molecule has 0 bridgehead atoms. The lowest BCUT2D eigenvalue weighted by Gasteiger charge is -2.19. The zero-order valence-corrected chi connectivity index (χ0v) is 11.0. The molecule has 1 amide bonds. The second-order valence-corrected chi connectivity index (χ2v) is 5.44. The summed E-state index contributed by atoms with van der Waals surface area (Å²) >= 11 is 7.65. The summed E-state index contributed by atoms with van der Waals surface area (Å²) in [5, 5.41) is 9.36. The molecule has 1 atom stereocenters. The maximum atomic E-state index is 11.7. The van der Waals surface area contributed by atoms with E-state index in [-0.39, 0.29) is 17.8 Å². The van der Waals surface area contributed by atoms with Gasteiger partial charge in [0.05, 0.1) is 6.61 Å². The summed E-state index contributed by atoms with van der Waals surface area (Å²) in [4.78, 5) is 13.4. The Labute approximate surface area is 108 Å². The fourth-order valence-corrected chi connectivity index (χ4v) is 2.59. The number of anilines is 1. The van der Waals surface area contributed by atoms with Crippen LogP contribution in [0.25, 0.3) is 0 Å². The van der Waals surface area contributed by atoms with Crippen molar-refractivity contribution in [1.29, 1.82) is 0 Å². The third-order valence-corrected chi connectivity index (χ3v) is 3.45. The number of carbonyl (C=O) groups is 1. The van der Waals surface area contributed by atoms with Crippen LogP contribution in [-0.4, -0.2) is 22.8 Å². The van der Waals surface area contributed by atoms with Gasteiger partial charge in [-0.15, -0.1) is 0 Å². The molecule has 5 heteroatoms. The number of aliphatic hydroxyl groups excluding tert-OH is 1. The number of halogens is 1. The first-order valence-electron chi connectivity index (χ1n) is 4.99. The molecule has 1 saturated heterocycles. The summed E-state index contributed by atoms with van der Waals surface area (Å²) in [6, 6.07) is 5.54. The second-order valence-electron chi connectivity index (χ2n) is 3.79. The first-order chi connectivity index (χ1) is 7.61. The summed E-state index contributed by atoms with van der Waals surface area (Å²) < 4.78 is 0.898. The van der Waals surface area contributed by atoms with Gasteiger partial charge in [-0.05, 0) is 18.2 Å². The molecule has 86 valence electrons. The molecule has 1 aromatic rings. The smallest absolute Gasteiger partial charge is 0.228 e. The average molecular weight is 302 g/mol. The van der Waals surface area contributed by atoms with Crippen LogP contribution in [0.4, 0.5) is 5.69 Å². The highest BCUT2D eigenvalue weighted by Crippen LogP contribution is 2.29. The highest BCUT2D eigenvalue weighted by Gasteiger charge is 2.29. The van der Waals surface area contributed by atoms with Crippen LogP contribution < -0.4 is 4.90 Å². The SMILES string of the molecule is O=C1CC(S)CN1c1ccc(Br)cc1CO. The van der Waals surface area contributed by atoms with Gasteiger partial charge in [0.15, 0.2) is 0 Å². The van der Waals surface area contributed by atoms with Gasteiger partial charge in [0.25, 0.3) is 0 Å². The largest absolute Gasteiger partial charge is 0.392 e. The highest BCUT2D eigenvalue weighted by molar-refractivity contribution is 9.10. The van der Waals surface area contributed by atoms with Gasteiger partial charge in [0, 0.05) is 33.9 Å².